The fourth-order valence-electron chi connectivity index (χ4n) is 2.14. The first kappa shape index (κ1) is 12.8. The second-order valence-corrected chi connectivity index (χ2v) is 4.91. The van der Waals surface area contributed by atoms with Crippen molar-refractivity contribution in [1.29, 1.82) is 0 Å². The number of aryl methyl sites for hydroxylation is 2. The first-order chi connectivity index (χ1) is 8.49. The maximum Gasteiger partial charge on any atom is 0.137 e. The van der Waals surface area contributed by atoms with E-state index in [1.54, 1.807) is 6.20 Å². The van der Waals surface area contributed by atoms with Gasteiger partial charge < -0.3 is 5.11 Å². The second-order valence-electron chi connectivity index (χ2n) is 4.91. The molecule has 0 aromatic carbocycles. The number of hydrogen-bond donors (Lipinski definition) is 1. The Labute approximate surface area is 107 Å². The molecule has 96 valence electrons. The van der Waals surface area contributed by atoms with Crippen molar-refractivity contribution in [2.75, 3.05) is 0 Å². The number of nitrogens with zero attached hydrogens (tertiary/aromatic N) is 3. The minimum Gasteiger partial charge on any atom is -0.380 e. The Morgan fingerprint density at radius 3 is 2.56 bits per heavy atom. The van der Waals surface area contributed by atoms with Gasteiger partial charge in [-0.2, -0.15) is 5.10 Å². The molecule has 4 nitrogen and oxygen atoms in total. The fraction of sp³-hybridized carbons (Fsp3) is 0.429. The molecule has 0 saturated heterocycles. The lowest BCUT2D eigenvalue weighted by Gasteiger charge is -2.16. The molecule has 0 fully saturated rings. The molecule has 0 aliphatic carbocycles. The van der Waals surface area contributed by atoms with Gasteiger partial charge >= 0.3 is 0 Å². The third-order valence-electron chi connectivity index (χ3n) is 2.87. The van der Waals surface area contributed by atoms with Crippen molar-refractivity contribution in [3.63, 3.8) is 0 Å². The Hall–Kier alpha value is -1.68. The quantitative estimate of drug-likeness (QED) is 0.904. The van der Waals surface area contributed by atoms with E-state index in [2.05, 4.69) is 10.1 Å². The van der Waals surface area contributed by atoms with Gasteiger partial charge in [-0.1, -0.05) is 0 Å². The summed E-state index contributed by atoms with van der Waals surface area (Å²) in [6, 6.07) is 5.96. The molecule has 18 heavy (non-hydrogen) atoms. The third kappa shape index (κ3) is 2.43. The van der Waals surface area contributed by atoms with Crippen LogP contribution in [-0.4, -0.2) is 19.9 Å². The molecular formula is C14H19N3O. The summed E-state index contributed by atoms with van der Waals surface area (Å²) in [4.78, 5) is 4.40. The maximum absolute atomic E-state index is 10.4. The summed E-state index contributed by atoms with van der Waals surface area (Å²) in [6.07, 6.45) is 0.981. The average Bonchev–Trinajstić information content (AvgIpc) is 2.75. The predicted molar refractivity (Wildman–Crippen MR) is 70.4 cm³/mol. The molecule has 2 aromatic rings. The Bertz CT molecular complexity index is 525. The summed E-state index contributed by atoms with van der Waals surface area (Å²) in [5.74, 6) is 0. The van der Waals surface area contributed by atoms with E-state index in [1.807, 2.05) is 50.6 Å². The lowest BCUT2D eigenvalue weighted by atomic mass is 10.1. The zero-order chi connectivity index (χ0) is 13.3. The summed E-state index contributed by atoms with van der Waals surface area (Å²) in [7, 11) is 0. The molecular weight excluding hydrogens is 226 g/mol. The fourth-order valence-corrected chi connectivity index (χ4v) is 2.14. The van der Waals surface area contributed by atoms with Crippen LogP contribution in [0.5, 0.6) is 0 Å². The van der Waals surface area contributed by atoms with E-state index in [0.29, 0.717) is 5.69 Å². The highest BCUT2D eigenvalue weighted by Crippen LogP contribution is 2.23. The van der Waals surface area contributed by atoms with E-state index in [0.717, 1.165) is 17.0 Å². The van der Waals surface area contributed by atoms with Crippen molar-refractivity contribution in [2.45, 2.75) is 39.8 Å². The second kappa shape index (κ2) is 4.90. The number of pyridine rings is 1. The minimum absolute atomic E-state index is 0.218. The van der Waals surface area contributed by atoms with Crippen LogP contribution in [0.25, 0.3) is 0 Å². The van der Waals surface area contributed by atoms with Crippen LogP contribution in [0.3, 0.4) is 0 Å². The van der Waals surface area contributed by atoms with Crippen LogP contribution in [0.4, 0.5) is 0 Å². The van der Waals surface area contributed by atoms with Gasteiger partial charge in [0.1, 0.15) is 6.10 Å². The van der Waals surface area contributed by atoms with E-state index < -0.39 is 6.10 Å². The van der Waals surface area contributed by atoms with Crippen LogP contribution in [0.2, 0.25) is 0 Å². The molecule has 1 atom stereocenters. The van der Waals surface area contributed by atoms with E-state index in [4.69, 9.17) is 0 Å². The molecule has 2 rings (SSSR count). The third-order valence-corrected chi connectivity index (χ3v) is 2.87. The molecule has 0 aliphatic heterocycles. The molecule has 2 heterocycles. The lowest BCUT2D eigenvalue weighted by Crippen LogP contribution is -2.13. The smallest absolute Gasteiger partial charge is 0.137 e. The Kier molecular flexibility index (Phi) is 3.48. The predicted octanol–water partition coefficient (Wildman–Crippen LogP) is 2.56. The standard InChI is InChI=1S/C14H19N3O/c1-9(2)17-13(5-6-15-17)14(18)12-8-10(3)7-11(4)16-12/h5-9,14,18H,1-4H3. The molecule has 4 heteroatoms. The lowest BCUT2D eigenvalue weighted by molar-refractivity contribution is 0.200. The van der Waals surface area contributed by atoms with Crippen LogP contribution in [0, 0.1) is 13.8 Å². The van der Waals surface area contributed by atoms with Gasteiger partial charge in [0.15, 0.2) is 0 Å². The monoisotopic (exact) mass is 245 g/mol. The van der Waals surface area contributed by atoms with Gasteiger partial charge in [0.2, 0.25) is 0 Å². The summed E-state index contributed by atoms with van der Waals surface area (Å²) in [5.41, 5.74) is 3.48. The average molecular weight is 245 g/mol. The highest BCUT2D eigenvalue weighted by molar-refractivity contribution is 5.25. The minimum atomic E-state index is -0.728. The van der Waals surface area contributed by atoms with Gasteiger partial charge in [0.25, 0.3) is 0 Å². The number of aliphatic hydroxyl groups is 1. The van der Waals surface area contributed by atoms with Crippen molar-refractivity contribution in [1.82, 2.24) is 14.8 Å². The summed E-state index contributed by atoms with van der Waals surface area (Å²) in [6.45, 7) is 8.02. The molecule has 0 bridgehead atoms. The molecule has 0 saturated carbocycles. The molecule has 0 aliphatic rings. The highest BCUT2D eigenvalue weighted by atomic mass is 16.3. The normalized spacial score (nSPS) is 13.0. The topological polar surface area (TPSA) is 50.9 Å². The van der Waals surface area contributed by atoms with Crippen LogP contribution in [0.1, 0.15) is 48.6 Å². The van der Waals surface area contributed by atoms with E-state index in [-0.39, 0.29) is 6.04 Å². The molecule has 0 radical (unpaired) electrons. The maximum atomic E-state index is 10.4. The van der Waals surface area contributed by atoms with Gasteiger partial charge in [-0.15, -0.1) is 0 Å². The summed E-state index contributed by atoms with van der Waals surface area (Å²) in [5, 5.41) is 14.7. The van der Waals surface area contributed by atoms with Crippen LogP contribution < -0.4 is 0 Å². The van der Waals surface area contributed by atoms with Crippen molar-refractivity contribution in [2.24, 2.45) is 0 Å². The van der Waals surface area contributed by atoms with Crippen LogP contribution in [-0.2, 0) is 0 Å². The largest absolute Gasteiger partial charge is 0.380 e. The molecule has 1 unspecified atom stereocenters. The molecule has 2 aromatic heterocycles. The van der Waals surface area contributed by atoms with Gasteiger partial charge in [-0.25, -0.2) is 0 Å². The van der Waals surface area contributed by atoms with E-state index >= 15 is 0 Å². The van der Waals surface area contributed by atoms with Gasteiger partial charge in [-0.3, -0.25) is 9.67 Å². The van der Waals surface area contributed by atoms with Crippen LogP contribution >= 0.6 is 0 Å². The van der Waals surface area contributed by atoms with Crippen molar-refractivity contribution >= 4 is 0 Å². The molecule has 0 amide bonds. The zero-order valence-electron chi connectivity index (χ0n) is 11.3. The number of hydrogen-bond acceptors (Lipinski definition) is 3. The summed E-state index contributed by atoms with van der Waals surface area (Å²) < 4.78 is 1.82. The van der Waals surface area contributed by atoms with Gasteiger partial charge in [-0.05, 0) is 51.5 Å². The SMILES string of the molecule is Cc1cc(C)nc(C(O)c2ccnn2C(C)C)c1. The van der Waals surface area contributed by atoms with E-state index in [9.17, 15) is 5.11 Å². The first-order valence-electron chi connectivity index (χ1n) is 6.15. The molecule has 0 spiro atoms. The highest BCUT2D eigenvalue weighted by Gasteiger charge is 2.18. The first-order valence-corrected chi connectivity index (χ1v) is 6.15. The van der Waals surface area contributed by atoms with E-state index in [1.165, 1.54) is 0 Å². The van der Waals surface area contributed by atoms with Crippen molar-refractivity contribution < 1.29 is 5.11 Å². The zero-order valence-corrected chi connectivity index (χ0v) is 11.3. The van der Waals surface area contributed by atoms with Crippen LogP contribution in [0.15, 0.2) is 24.4 Å². The number of aromatic nitrogens is 3. The van der Waals surface area contributed by atoms with Gasteiger partial charge in [0, 0.05) is 17.9 Å². The molecule has 1 N–H and O–H groups in total. The Morgan fingerprint density at radius 1 is 1.22 bits per heavy atom. The van der Waals surface area contributed by atoms with Crippen molar-refractivity contribution in [3.8, 4) is 0 Å². The van der Waals surface area contributed by atoms with Crippen molar-refractivity contribution in [3.05, 3.63) is 47.0 Å². The number of rotatable bonds is 3. The Balaban J connectivity index is 2.41. The number of aliphatic hydroxyl groups excluding tert-OH is 1. The van der Waals surface area contributed by atoms with Gasteiger partial charge in [0.05, 0.1) is 11.4 Å². The Morgan fingerprint density at radius 2 is 1.94 bits per heavy atom. The summed E-state index contributed by atoms with van der Waals surface area (Å²) >= 11 is 0.